The molecule has 6 heteroatoms. The maximum atomic E-state index is 12.4. The number of allylic oxidation sites excluding steroid dienone is 1. The zero-order chi connectivity index (χ0) is 19.0. The number of hydrogen-bond donors (Lipinski definition) is 0. The first-order chi connectivity index (χ1) is 13.0. The Morgan fingerprint density at radius 1 is 1.33 bits per heavy atom. The largest absolute Gasteiger partial charge is 0.464 e. The van der Waals surface area contributed by atoms with E-state index in [0.29, 0.717) is 23.8 Å². The fraction of sp³-hybridized carbons (Fsp3) is 0.524. The van der Waals surface area contributed by atoms with Crippen LogP contribution in [-0.2, 0) is 9.53 Å². The second kappa shape index (κ2) is 6.91. The Morgan fingerprint density at radius 2 is 2.11 bits per heavy atom. The van der Waals surface area contributed by atoms with E-state index in [-0.39, 0.29) is 5.97 Å². The van der Waals surface area contributed by atoms with Crippen LogP contribution in [0.1, 0.15) is 46.1 Å². The molecule has 2 aromatic rings. The van der Waals surface area contributed by atoms with Crippen molar-refractivity contribution in [2.75, 3.05) is 6.61 Å². The van der Waals surface area contributed by atoms with Crippen LogP contribution in [0.3, 0.4) is 0 Å². The van der Waals surface area contributed by atoms with Crippen molar-refractivity contribution in [2.45, 2.75) is 46.1 Å². The van der Waals surface area contributed by atoms with Crippen LogP contribution in [-0.4, -0.2) is 32.8 Å². The van der Waals surface area contributed by atoms with E-state index in [9.17, 15) is 4.79 Å². The van der Waals surface area contributed by atoms with Crippen LogP contribution >= 0.6 is 0 Å². The molecule has 0 saturated heterocycles. The first kappa shape index (κ1) is 17.9. The lowest BCUT2D eigenvalue weighted by atomic mass is 9.48. The molecule has 3 aliphatic carbocycles. The van der Waals surface area contributed by atoms with Gasteiger partial charge >= 0.3 is 5.97 Å². The number of esters is 1. The van der Waals surface area contributed by atoms with E-state index in [4.69, 9.17) is 4.74 Å². The van der Waals surface area contributed by atoms with Crippen LogP contribution < -0.4 is 0 Å². The van der Waals surface area contributed by atoms with Crippen molar-refractivity contribution in [3.05, 3.63) is 42.0 Å². The molecule has 6 nitrogen and oxygen atoms in total. The summed E-state index contributed by atoms with van der Waals surface area (Å²) in [7, 11) is 0. The van der Waals surface area contributed by atoms with Gasteiger partial charge < -0.3 is 4.74 Å². The van der Waals surface area contributed by atoms with Crippen LogP contribution in [0.25, 0.3) is 11.4 Å². The normalized spacial score (nSPS) is 23.9. The Hall–Kier alpha value is -2.50. The van der Waals surface area contributed by atoms with E-state index < -0.39 is 6.04 Å². The number of hydrogen-bond acceptors (Lipinski definition) is 5. The Morgan fingerprint density at radius 3 is 2.81 bits per heavy atom. The van der Waals surface area contributed by atoms with Crippen molar-refractivity contribution >= 4 is 5.97 Å². The molecule has 1 heterocycles. The van der Waals surface area contributed by atoms with E-state index >= 15 is 0 Å². The molecular formula is C21H26N4O2. The quantitative estimate of drug-likeness (QED) is 0.574. The summed E-state index contributed by atoms with van der Waals surface area (Å²) in [5.41, 5.74) is 2.73. The first-order valence-corrected chi connectivity index (χ1v) is 9.67. The lowest BCUT2D eigenvalue weighted by Crippen LogP contribution is -2.48. The molecular weight excluding hydrogens is 340 g/mol. The van der Waals surface area contributed by atoms with Crippen molar-refractivity contribution in [3.8, 4) is 11.4 Å². The second-order valence-electron chi connectivity index (χ2n) is 8.21. The highest BCUT2D eigenvalue weighted by Gasteiger charge is 2.50. The molecule has 3 aliphatic rings. The number of fused-ring (bicyclic) bond motifs is 1. The summed E-state index contributed by atoms with van der Waals surface area (Å²) < 4.78 is 5.50. The lowest BCUT2D eigenvalue weighted by molar-refractivity contribution is -0.147. The van der Waals surface area contributed by atoms with Gasteiger partial charge in [-0.2, -0.15) is 0 Å². The van der Waals surface area contributed by atoms with E-state index in [0.717, 1.165) is 24.3 Å². The van der Waals surface area contributed by atoms with Gasteiger partial charge in [-0.1, -0.05) is 55.8 Å². The van der Waals surface area contributed by atoms with Crippen molar-refractivity contribution in [1.82, 2.24) is 20.2 Å². The fourth-order valence-electron chi connectivity index (χ4n) is 4.33. The third-order valence-electron chi connectivity index (χ3n) is 6.37. The maximum absolute atomic E-state index is 12.4. The number of tetrazole rings is 1. The van der Waals surface area contributed by atoms with Gasteiger partial charge in [-0.05, 0) is 42.2 Å². The molecule has 0 N–H and O–H groups in total. The molecule has 1 fully saturated rings. The van der Waals surface area contributed by atoms with Gasteiger partial charge in [0.2, 0.25) is 5.82 Å². The van der Waals surface area contributed by atoms with Gasteiger partial charge in [0.15, 0.2) is 6.04 Å². The SMILES string of the molecule is CC(C(=O)OCCC1=CC[C@H]2C[C@@H]1C2(C)C)n1nnc(-c2ccccc2)n1. The van der Waals surface area contributed by atoms with Gasteiger partial charge in [0.25, 0.3) is 0 Å². The van der Waals surface area contributed by atoms with E-state index in [1.54, 1.807) is 6.92 Å². The zero-order valence-electron chi connectivity index (χ0n) is 16.1. The smallest absolute Gasteiger partial charge is 0.332 e. The minimum absolute atomic E-state index is 0.325. The zero-order valence-corrected chi connectivity index (χ0v) is 16.1. The van der Waals surface area contributed by atoms with Gasteiger partial charge in [0.05, 0.1) is 6.61 Å². The standard InChI is InChI=1S/C21H26N4O2/c1-14(25-23-19(22-24-25)16-7-5-4-6-8-16)20(26)27-12-11-15-9-10-17-13-18(15)21(17,2)3/h4-9,14,17-18H,10-13H2,1-3H3/t14?,17-,18-/m0/s1. The fourth-order valence-corrected chi connectivity index (χ4v) is 4.33. The molecule has 1 saturated carbocycles. The summed E-state index contributed by atoms with van der Waals surface area (Å²) in [6, 6.07) is 8.99. The summed E-state index contributed by atoms with van der Waals surface area (Å²) >= 11 is 0. The molecule has 0 amide bonds. The van der Waals surface area contributed by atoms with E-state index in [1.807, 2.05) is 30.3 Å². The highest BCUT2D eigenvalue weighted by molar-refractivity contribution is 5.73. The predicted molar refractivity (Wildman–Crippen MR) is 102 cm³/mol. The summed E-state index contributed by atoms with van der Waals surface area (Å²) in [5, 5.41) is 12.4. The van der Waals surface area contributed by atoms with Crippen molar-refractivity contribution in [3.63, 3.8) is 0 Å². The minimum atomic E-state index is -0.597. The Bertz CT molecular complexity index is 856. The molecule has 142 valence electrons. The highest BCUT2D eigenvalue weighted by Crippen LogP contribution is 2.59. The van der Waals surface area contributed by atoms with Crippen LogP contribution in [0.5, 0.6) is 0 Å². The Kier molecular flexibility index (Phi) is 4.58. The summed E-state index contributed by atoms with van der Waals surface area (Å²) in [4.78, 5) is 13.7. The second-order valence-corrected chi connectivity index (χ2v) is 8.21. The molecule has 1 aromatic heterocycles. The Labute approximate surface area is 159 Å². The number of nitrogens with zero attached hydrogens (tertiary/aromatic N) is 4. The predicted octanol–water partition coefficient (Wildman–Crippen LogP) is 3.83. The summed E-state index contributed by atoms with van der Waals surface area (Å²) in [5.74, 6) is 1.65. The van der Waals surface area contributed by atoms with E-state index in [1.165, 1.54) is 16.8 Å². The van der Waals surface area contributed by atoms with Gasteiger partial charge in [0, 0.05) is 12.0 Å². The monoisotopic (exact) mass is 366 g/mol. The molecule has 5 rings (SSSR count). The number of rotatable bonds is 6. The first-order valence-electron chi connectivity index (χ1n) is 9.67. The third kappa shape index (κ3) is 3.29. The molecule has 3 atom stereocenters. The third-order valence-corrected chi connectivity index (χ3v) is 6.37. The van der Waals surface area contributed by atoms with Gasteiger partial charge in [-0.3, -0.25) is 0 Å². The number of carbonyl (C=O) groups excluding carboxylic acids is 1. The number of ether oxygens (including phenoxy) is 1. The van der Waals surface area contributed by atoms with Crippen LogP contribution in [0.15, 0.2) is 42.0 Å². The molecule has 0 radical (unpaired) electrons. The average Bonchev–Trinajstić information content (AvgIpc) is 3.18. The van der Waals surface area contributed by atoms with E-state index in [2.05, 4.69) is 35.3 Å². The highest BCUT2D eigenvalue weighted by atomic mass is 16.5. The molecule has 1 unspecified atom stereocenters. The van der Waals surface area contributed by atoms with Crippen molar-refractivity contribution in [1.29, 1.82) is 0 Å². The van der Waals surface area contributed by atoms with Gasteiger partial charge in [-0.15, -0.1) is 15.0 Å². The van der Waals surface area contributed by atoms with Gasteiger partial charge in [0.1, 0.15) is 0 Å². The van der Waals surface area contributed by atoms with Crippen molar-refractivity contribution in [2.24, 2.45) is 17.3 Å². The molecule has 0 spiro atoms. The molecule has 2 bridgehead atoms. The molecule has 1 aromatic carbocycles. The number of benzene rings is 1. The van der Waals surface area contributed by atoms with Crippen molar-refractivity contribution < 1.29 is 9.53 Å². The maximum Gasteiger partial charge on any atom is 0.332 e. The number of carbonyl (C=O) groups is 1. The van der Waals surface area contributed by atoms with Crippen LogP contribution in [0.4, 0.5) is 0 Å². The summed E-state index contributed by atoms with van der Waals surface area (Å²) in [6.07, 6.45) is 5.62. The summed E-state index contributed by atoms with van der Waals surface area (Å²) in [6.45, 7) is 6.85. The van der Waals surface area contributed by atoms with Gasteiger partial charge in [-0.25, -0.2) is 4.79 Å². The topological polar surface area (TPSA) is 69.9 Å². The molecule has 0 aliphatic heterocycles. The lowest BCUT2D eigenvalue weighted by Gasteiger charge is -2.56. The number of aromatic nitrogens is 4. The molecule has 27 heavy (non-hydrogen) atoms. The Balaban J connectivity index is 1.31. The van der Waals surface area contributed by atoms with Crippen LogP contribution in [0.2, 0.25) is 0 Å². The minimum Gasteiger partial charge on any atom is -0.464 e. The average molecular weight is 366 g/mol. The van der Waals surface area contributed by atoms with Crippen LogP contribution in [0, 0.1) is 17.3 Å².